The summed E-state index contributed by atoms with van der Waals surface area (Å²) in [7, 11) is 5.74. The van der Waals surface area contributed by atoms with Gasteiger partial charge in [-0.3, -0.25) is 27.9 Å². The Labute approximate surface area is 247 Å². The molecule has 2 heterocycles. The van der Waals surface area contributed by atoms with Crippen LogP contribution in [0.4, 0.5) is 4.39 Å². The molecule has 0 aliphatic rings. The molecule has 0 saturated heterocycles. The van der Waals surface area contributed by atoms with Gasteiger partial charge in [-0.05, 0) is 59.8 Å². The summed E-state index contributed by atoms with van der Waals surface area (Å²) in [6.45, 7) is 0.0252. The summed E-state index contributed by atoms with van der Waals surface area (Å²) in [4.78, 5) is 27.0. The standard InChI is InChI=1S/C26H23Cl2FN4O5S2/c1-30-21(34)18(22(35)31(2)25(30)39)17(19-23(36)32(3)26(40)33(4)24(19)37)13-9-15(27)20(16(28)10-13)38-11-12-5-7-14(29)8-6-12/h5-10,17,34,36H,11H2,1-4H3. The Morgan fingerprint density at radius 3 is 1.68 bits per heavy atom. The minimum absolute atomic E-state index is 0.0224. The molecule has 0 bridgehead atoms. The largest absolute Gasteiger partial charge is 0.494 e. The number of rotatable bonds is 6. The fourth-order valence-corrected chi connectivity index (χ4v) is 5.27. The van der Waals surface area contributed by atoms with Gasteiger partial charge in [0.15, 0.2) is 15.3 Å². The topological polar surface area (TPSA) is 104 Å². The van der Waals surface area contributed by atoms with Crippen LogP contribution >= 0.6 is 47.6 Å². The van der Waals surface area contributed by atoms with Gasteiger partial charge in [0.2, 0.25) is 11.8 Å². The van der Waals surface area contributed by atoms with E-state index in [0.29, 0.717) is 5.56 Å². The van der Waals surface area contributed by atoms with E-state index >= 15 is 0 Å². The van der Waals surface area contributed by atoms with Crippen LogP contribution in [-0.4, -0.2) is 28.5 Å². The van der Waals surface area contributed by atoms with Crippen LogP contribution in [0.2, 0.25) is 10.0 Å². The zero-order valence-electron chi connectivity index (χ0n) is 21.6. The molecule has 0 amide bonds. The predicted molar refractivity (Wildman–Crippen MR) is 154 cm³/mol. The Hall–Kier alpha value is -3.45. The van der Waals surface area contributed by atoms with Gasteiger partial charge in [-0.1, -0.05) is 35.3 Å². The van der Waals surface area contributed by atoms with E-state index in [1.165, 1.54) is 61.6 Å². The minimum Gasteiger partial charge on any atom is -0.494 e. The van der Waals surface area contributed by atoms with Crippen molar-refractivity contribution in [2.75, 3.05) is 0 Å². The van der Waals surface area contributed by atoms with Crippen LogP contribution in [-0.2, 0) is 34.8 Å². The summed E-state index contributed by atoms with van der Waals surface area (Å²) in [5, 5.41) is 22.3. The number of halogens is 3. The highest BCUT2D eigenvalue weighted by Gasteiger charge is 2.33. The van der Waals surface area contributed by atoms with E-state index in [1.54, 1.807) is 12.1 Å². The van der Waals surface area contributed by atoms with E-state index in [0.717, 1.165) is 9.13 Å². The van der Waals surface area contributed by atoms with E-state index < -0.39 is 34.6 Å². The van der Waals surface area contributed by atoms with Crippen LogP contribution in [0.1, 0.15) is 28.2 Å². The number of nitrogens with zero attached hydrogens (tertiary/aromatic N) is 4. The second-order valence-electron chi connectivity index (χ2n) is 9.05. The molecule has 0 aliphatic heterocycles. The van der Waals surface area contributed by atoms with Crippen molar-refractivity contribution >= 4 is 47.6 Å². The second-order valence-corrected chi connectivity index (χ2v) is 10.6. The van der Waals surface area contributed by atoms with Gasteiger partial charge in [-0.25, -0.2) is 4.39 Å². The van der Waals surface area contributed by atoms with Crippen molar-refractivity contribution in [1.82, 2.24) is 18.3 Å². The Balaban J connectivity index is 1.99. The summed E-state index contributed by atoms with van der Waals surface area (Å²) >= 11 is 23.6. The molecule has 4 rings (SSSR count). The van der Waals surface area contributed by atoms with E-state index in [1.807, 2.05) is 0 Å². The van der Waals surface area contributed by atoms with E-state index in [2.05, 4.69) is 0 Å². The van der Waals surface area contributed by atoms with Crippen molar-refractivity contribution in [3.05, 3.63) is 105 Å². The van der Waals surface area contributed by atoms with Crippen molar-refractivity contribution in [1.29, 1.82) is 0 Å². The third-order valence-electron chi connectivity index (χ3n) is 6.56. The van der Waals surface area contributed by atoms with Gasteiger partial charge >= 0.3 is 0 Å². The van der Waals surface area contributed by atoms with E-state index in [4.69, 9.17) is 52.4 Å². The molecule has 2 aromatic heterocycles. The highest BCUT2D eigenvalue weighted by Crippen LogP contribution is 2.42. The normalized spacial score (nSPS) is 11.3. The third kappa shape index (κ3) is 5.07. The number of aromatic nitrogens is 4. The van der Waals surface area contributed by atoms with Crippen LogP contribution in [0.25, 0.3) is 0 Å². The average molecular weight is 626 g/mol. The fourth-order valence-electron chi connectivity index (χ4n) is 4.32. The number of hydrogen-bond acceptors (Lipinski definition) is 7. The molecule has 0 aliphatic carbocycles. The number of hydrogen-bond donors (Lipinski definition) is 2. The van der Waals surface area contributed by atoms with E-state index in [9.17, 15) is 24.2 Å². The fraction of sp³-hybridized carbons (Fsp3) is 0.231. The second kappa shape index (κ2) is 11.2. The number of benzene rings is 2. The summed E-state index contributed by atoms with van der Waals surface area (Å²) < 4.78 is 23.7. The van der Waals surface area contributed by atoms with Crippen molar-refractivity contribution < 1.29 is 19.3 Å². The highest BCUT2D eigenvalue weighted by atomic mass is 35.5. The molecule has 0 saturated carbocycles. The molecule has 2 N–H and O–H groups in total. The van der Waals surface area contributed by atoms with Gasteiger partial charge in [0.05, 0.1) is 27.1 Å². The number of aromatic hydroxyl groups is 2. The molecular weight excluding hydrogens is 602 g/mol. The highest BCUT2D eigenvalue weighted by molar-refractivity contribution is 7.71. The molecule has 0 fully saturated rings. The molecule has 2 aromatic carbocycles. The maximum atomic E-state index is 13.5. The first-order valence-electron chi connectivity index (χ1n) is 11.6. The molecule has 9 nitrogen and oxygen atoms in total. The van der Waals surface area contributed by atoms with Crippen LogP contribution in [0.5, 0.6) is 17.5 Å². The molecule has 0 atom stereocenters. The first-order valence-corrected chi connectivity index (χ1v) is 13.2. The SMILES string of the molecule is Cn1c(O)c(C(c2cc(Cl)c(OCc3ccc(F)cc3)c(Cl)c2)c2c(O)n(C)c(=S)n(C)c2=O)c(=O)n(C)c1=S. The Bertz CT molecular complexity index is 1790. The zero-order valence-corrected chi connectivity index (χ0v) is 24.8. The van der Waals surface area contributed by atoms with Gasteiger partial charge in [-0.15, -0.1) is 0 Å². The van der Waals surface area contributed by atoms with Crippen LogP contribution in [0.15, 0.2) is 46.0 Å². The van der Waals surface area contributed by atoms with Crippen LogP contribution < -0.4 is 15.9 Å². The smallest absolute Gasteiger partial charge is 0.262 e. The van der Waals surface area contributed by atoms with Crippen molar-refractivity contribution in [3.8, 4) is 17.5 Å². The first-order chi connectivity index (χ1) is 18.8. The lowest BCUT2D eigenvalue weighted by atomic mass is 9.86. The molecular formula is C26H23Cl2FN4O5S2. The maximum Gasteiger partial charge on any atom is 0.262 e. The monoisotopic (exact) mass is 624 g/mol. The quantitative estimate of drug-likeness (QED) is 0.296. The number of ether oxygens (including phenoxy) is 1. The van der Waals surface area contributed by atoms with Crippen molar-refractivity contribution in [2.24, 2.45) is 28.2 Å². The van der Waals surface area contributed by atoms with Gasteiger partial charge < -0.3 is 14.9 Å². The third-order valence-corrected chi connectivity index (χ3v) is 8.22. The summed E-state index contributed by atoms with van der Waals surface area (Å²) in [6, 6.07) is 8.50. The predicted octanol–water partition coefficient (Wildman–Crippen LogP) is 4.84. The lowest BCUT2D eigenvalue weighted by Crippen LogP contribution is -2.33. The average Bonchev–Trinajstić information content (AvgIpc) is 2.92. The molecule has 210 valence electrons. The van der Waals surface area contributed by atoms with Gasteiger partial charge in [-0.2, -0.15) is 0 Å². The lowest BCUT2D eigenvalue weighted by Gasteiger charge is -2.24. The van der Waals surface area contributed by atoms with Gasteiger partial charge in [0, 0.05) is 28.2 Å². The minimum atomic E-state index is -1.36. The molecule has 0 unspecified atom stereocenters. The van der Waals surface area contributed by atoms with Crippen LogP contribution in [0.3, 0.4) is 0 Å². The molecule has 40 heavy (non-hydrogen) atoms. The van der Waals surface area contributed by atoms with Crippen molar-refractivity contribution in [3.63, 3.8) is 0 Å². The van der Waals surface area contributed by atoms with Gasteiger partial charge in [0.25, 0.3) is 11.1 Å². The van der Waals surface area contributed by atoms with Crippen LogP contribution in [0, 0.1) is 15.4 Å². The Morgan fingerprint density at radius 2 is 1.25 bits per heavy atom. The van der Waals surface area contributed by atoms with Crippen molar-refractivity contribution in [2.45, 2.75) is 12.5 Å². The zero-order chi connectivity index (χ0) is 29.6. The summed E-state index contributed by atoms with van der Waals surface area (Å²) in [6.07, 6.45) is 0. The van der Waals surface area contributed by atoms with E-state index in [-0.39, 0.29) is 48.6 Å². The molecule has 14 heteroatoms. The molecule has 0 radical (unpaired) electrons. The summed E-state index contributed by atoms with van der Waals surface area (Å²) in [5.74, 6) is -2.69. The molecule has 0 spiro atoms. The molecule has 4 aromatic rings. The Kier molecular flexibility index (Phi) is 8.27. The van der Waals surface area contributed by atoms with Gasteiger partial charge in [0.1, 0.15) is 12.4 Å². The lowest BCUT2D eigenvalue weighted by molar-refractivity contribution is 0.306. The first kappa shape index (κ1) is 29.5. The maximum absolute atomic E-state index is 13.5. The summed E-state index contributed by atoms with van der Waals surface area (Å²) in [5.41, 5.74) is -1.07. The Morgan fingerprint density at radius 1 is 0.825 bits per heavy atom.